The number of fused-ring (bicyclic) bond motifs is 2. The SMILES string of the molecule is CCCCCCN1C(=O)C(=C2C(=O)N(CCCCCC)c3cc(-c4ccc(-c5cccs5)s4)ccc32)c2ccc(-c3ccc(-c4cccs4)s3)cc21. The predicted molar refractivity (Wildman–Crippen MR) is 226 cm³/mol. The van der Waals surface area contributed by atoms with E-state index in [1.807, 2.05) is 9.80 Å². The zero-order valence-corrected chi connectivity index (χ0v) is 32.9. The molecule has 0 atom stereocenters. The van der Waals surface area contributed by atoms with E-state index in [1.54, 1.807) is 45.3 Å². The van der Waals surface area contributed by atoms with Gasteiger partial charge in [0.1, 0.15) is 0 Å². The van der Waals surface area contributed by atoms with Crippen molar-refractivity contribution in [1.29, 1.82) is 0 Å². The van der Waals surface area contributed by atoms with Crippen LogP contribution in [0.5, 0.6) is 0 Å². The Hall–Kier alpha value is -4.08. The summed E-state index contributed by atoms with van der Waals surface area (Å²) < 4.78 is 0. The lowest BCUT2D eigenvalue weighted by atomic mass is 9.95. The van der Waals surface area contributed by atoms with Gasteiger partial charge in [-0.15, -0.1) is 45.3 Å². The number of benzene rings is 2. The van der Waals surface area contributed by atoms with Crippen molar-refractivity contribution in [2.24, 2.45) is 0 Å². The zero-order chi connectivity index (χ0) is 35.6. The summed E-state index contributed by atoms with van der Waals surface area (Å²) in [7, 11) is 0. The van der Waals surface area contributed by atoms with Crippen molar-refractivity contribution < 1.29 is 9.59 Å². The van der Waals surface area contributed by atoms with Gasteiger partial charge in [0, 0.05) is 53.5 Å². The van der Waals surface area contributed by atoms with E-state index in [4.69, 9.17) is 0 Å². The van der Waals surface area contributed by atoms with E-state index in [9.17, 15) is 9.59 Å². The van der Waals surface area contributed by atoms with Gasteiger partial charge < -0.3 is 9.80 Å². The van der Waals surface area contributed by atoms with Gasteiger partial charge in [0.05, 0.1) is 22.5 Å². The number of hydrogen-bond donors (Lipinski definition) is 0. The molecule has 2 aliphatic heterocycles. The van der Waals surface area contributed by atoms with Crippen LogP contribution in [0.25, 0.3) is 51.5 Å². The second kappa shape index (κ2) is 15.5. The first-order valence-electron chi connectivity index (χ1n) is 18.5. The predicted octanol–water partition coefficient (Wildman–Crippen LogP) is 13.4. The Morgan fingerprint density at radius 2 is 0.923 bits per heavy atom. The number of hydrogen-bond acceptors (Lipinski definition) is 6. The van der Waals surface area contributed by atoms with Crippen molar-refractivity contribution in [1.82, 2.24) is 0 Å². The molecule has 8 heteroatoms. The fourth-order valence-corrected chi connectivity index (χ4v) is 11.0. The molecule has 0 N–H and O–H groups in total. The normalized spacial score (nSPS) is 15.3. The maximum Gasteiger partial charge on any atom is 0.259 e. The maximum absolute atomic E-state index is 14.7. The number of thiophene rings is 4. The monoisotopic (exact) mass is 758 g/mol. The summed E-state index contributed by atoms with van der Waals surface area (Å²) in [6.45, 7) is 5.70. The van der Waals surface area contributed by atoms with Crippen LogP contribution in [-0.4, -0.2) is 24.9 Å². The van der Waals surface area contributed by atoms with Crippen molar-refractivity contribution >= 4 is 79.7 Å². The minimum absolute atomic E-state index is 0.0563. The molecule has 0 saturated heterocycles. The summed E-state index contributed by atoms with van der Waals surface area (Å²) in [5.74, 6) is -0.113. The maximum atomic E-state index is 14.7. The fraction of sp³-hybridized carbons (Fsp3) is 0.273. The first-order valence-corrected chi connectivity index (χ1v) is 21.9. The molecule has 8 rings (SSSR count). The van der Waals surface area contributed by atoms with E-state index < -0.39 is 0 Å². The van der Waals surface area contributed by atoms with Crippen LogP contribution in [0.4, 0.5) is 11.4 Å². The molecule has 0 fully saturated rings. The second-order valence-corrected chi connectivity index (χ2v) is 17.6. The molecular formula is C44H42N2O2S4. The van der Waals surface area contributed by atoms with Gasteiger partial charge in [0.2, 0.25) is 0 Å². The van der Waals surface area contributed by atoms with E-state index in [2.05, 4.69) is 110 Å². The van der Waals surface area contributed by atoms with Crippen LogP contribution in [0.2, 0.25) is 0 Å². The molecule has 2 aliphatic rings. The number of rotatable bonds is 14. The molecule has 0 saturated carbocycles. The van der Waals surface area contributed by atoms with Gasteiger partial charge in [0.25, 0.3) is 11.8 Å². The zero-order valence-electron chi connectivity index (χ0n) is 29.7. The van der Waals surface area contributed by atoms with E-state index in [1.165, 1.54) is 29.3 Å². The van der Waals surface area contributed by atoms with Gasteiger partial charge in [-0.1, -0.05) is 88.8 Å². The lowest BCUT2D eigenvalue weighted by Gasteiger charge is -2.18. The van der Waals surface area contributed by atoms with Crippen molar-refractivity contribution in [2.75, 3.05) is 22.9 Å². The Morgan fingerprint density at radius 3 is 1.33 bits per heavy atom. The van der Waals surface area contributed by atoms with Crippen molar-refractivity contribution in [2.45, 2.75) is 65.2 Å². The van der Waals surface area contributed by atoms with Crippen LogP contribution < -0.4 is 9.80 Å². The highest BCUT2D eigenvalue weighted by molar-refractivity contribution is 7.23. The van der Waals surface area contributed by atoms with E-state index in [0.29, 0.717) is 24.2 Å². The third-order valence-electron chi connectivity index (χ3n) is 10.1. The molecule has 52 heavy (non-hydrogen) atoms. The molecule has 0 unspecified atom stereocenters. The second-order valence-electron chi connectivity index (χ2n) is 13.5. The van der Waals surface area contributed by atoms with Crippen LogP contribution in [0.3, 0.4) is 0 Å². The fourth-order valence-electron chi connectivity index (χ4n) is 7.37. The summed E-state index contributed by atoms with van der Waals surface area (Å²) in [6, 6.07) is 30.0. The van der Waals surface area contributed by atoms with Gasteiger partial charge >= 0.3 is 0 Å². The topological polar surface area (TPSA) is 40.6 Å². The lowest BCUT2D eigenvalue weighted by molar-refractivity contribution is -0.114. The molecule has 0 radical (unpaired) electrons. The summed E-state index contributed by atoms with van der Waals surface area (Å²) in [5.41, 5.74) is 6.86. The average Bonchev–Trinajstić information content (AvgIpc) is 4.02. The molecule has 4 aromatic heterocycles. The largest absolute Gasteiger partial charge is 0.308 e. The highest BCUT2D eigenvalue weighted by Crippen LogP contribution is 2.50. The molecule has 6 heterocycles. The minimum atomic E-state index is -0.0563. The third-order valence-corrected chi connectivity index (χ3v) is 14.5. The number of nitrogens with zero attached hydrogens (tertiary/aromatic N) is 2. The first kappa shape index (κ1) is 35.0. The van der Waals surface area contributed by atoms with Gasteiger partial charge in [-0.2, -0.15) is 0 Å². The van der Waals surface area contributed by atoms with Gasteiger partial charge in [0.15, 0.2) is 0 Å². The first-order chi connectivity index (χ1) is 25.6. The molecule has 6 aromatic rings. The summed E-state index contributed by atoms with van der Waals surface area (Å²) >= 11 is 7.06. The molecule has 0 bridgehead atoms. The molecule has 2 amide bonds. The average molecular weight is 759 g/mol. The van der Waals surface area contributed by atoms with Gasteiger partial charge in [-0.25, -0.2) is 0 Å². The minimum Gasteiger partial charge on any atom is -0.308 e. The van der Waals surface area contributed by atoms with E-state index in [-0.39, 0.29) is 11.8 Å². The van der Waals surface area contributed by atoms with Crippen LogP contribution >= 0.6 is 45.3 Å². The smallest absolute Gasteiger partial charge is 0.259 e. The van der Waals surface area contributed by atoms with Crippen LogP contribution in [-0.2, 0) is 9.59 Å². The molecule has 0 aliphatic carbocycles. The van der Waals surface area contributed by atoms with Gasteiger partial charge in [-0.05, 0) is 83.3 Å². The van der Waals surface area contributed by atoms with Crippen LogP contribution in [0, 0.1) is 0 Å². The lowest BCUT2D eigenvalue weighted by Crippen LogP contribution is -2.30. The number of anilines is 2. The highest BCUT2D eigenvalue weighted by atomic mass is 32.1. The Morgan fingerprint density at radius 1 is 0.481 bits per heavy atom. The van der Waals surface area contributed by atoms with E-state index in [0.717, 1.165) is 85.0 Å². The Labute approximate surface area is 322 Å². The number of carbonyl (C=O) groups excluding carboxylic acids is 2. The van der Waals surface area contributed by atoms with Crippen molar-refractivity contribution in [3.05, 3.63) is 107 Å². The summed E-state index contributed by atoms with van der Waals surface area (Å²) in [4.78, 5) is 40.7. The highest BCUT2D eigenvalue weighted by Gasteiger charge is 2.42. The summed E-state index contributed by atoms with van der Waals surface area (Å²) in [6.07, 6.45) is 8.56. The van der Waals surface area contributed by atoms with Gasteiger partial charge in [-0.3, -0.25) is 9.59 Å². The van der Waals surface area contributed by atoms with E-state index >= 15 is 0 Å². The molecular weight excluding hydrogens is 717 g/mol. The number of carbonyl (C=O) groups is 2. The molecule has 2 aromatic carbocycles. The Bertz CT molecular complexity index is 2080. The van der Waals surface area contributed by atoms with Crippen LogP contribution in [0.1, 0.15) is 76.3 Å². The number of unbranched alkanes of at least 4 members (excludes halogenated alkanes) is 6. The van der Waals surface area contributed by atoms with Crippen molar-refractivity contribution in [3.63, 3.8) is 0 Å². The molecule has 4 nitrogen and oxygen atoms in total. The Kier molecular flexibility index (Phi) is 10.4. The number of amides is 2. The van der Waals surface area contributed by atoms with Crippen LogP contribution in [0.15, 0.2) is 95.7 Å². The third kappa shape index (κ3) is 6.66. The summed E-state index contributed by atoms with van der Waals surface area (Å²) in [5, 5.41) is 4.22. The quantitative estimate of drug-likeness (QED) is 0.0820. The standard InChI is InChI=1S/C44H42N2O2S4/c1-3-5-7-9-23-45-33-27-29(35-19-21-39(51-35)37-13-11-25-49-37)15-17-31(33)41(43(45)47)42-32-18-16-30(36-20-22-40(52-36)38-14-12-26-50-38)28-34(32)46(44(42)48)24-10-8-6-4-2/h11-22,25-28H,3-10,23-24H2,1-2H3. The molecule has 0 spiro atoms. The van der Waals surface area contributed by atoms with Crippen molar-refractivity contribution in [3.8, 4) is 40.4 Å². The Balaban J connectivity index is 1.21. The molecule has 264 valence electrons.